The molecule has 0 radical (unpaired) electrons. The van der Waals surface area contributed by atoms with E-state index in [2.05, 4.69) is 16.3 Å². The molecule has 2 fully saturated rings. The predicted molar refractivity (Wildman–Crippen MR) is 87.1 cm³/mol. The second-order valence-corrected chi connectivity index (χ2v) is 6.44. The summed E-state index contributed by atoms with van der Waals surface area (Å²) >= 11 is 0. The van der Waals surface area contributed by atoms with Crippen molar-refractivity contribution in [2.45, 2.75) is 43.7 Å². The molecule has 1 unspecified atom stereocenters. The Morgan fingerprint density at radius 2 is 2.09 bits per heavy atom. The molecule has 2 aliphatic rings. The third-order valence-electron chi connectivity index (χ3n) is 4.90. The third-order valence-corrected chi connectivity index (χ3v) is 4.90. The molecule has 1 saturated carbocycles. The molecule has 3 N–H and O–H groups in total. The lowest BCUT2D eigenvalue weighted by atomic mass is 9.97. The van der Waals surface area contributed by atoms with E-state index in [1.54, 1.807) is 7.11 Å². The maximum atomic E-state index is 12.4. The van der Waals surface area contributed by atoms with E-state index in [-0.39, 0.29) is 11.9 Å². The summed E-state index contributed by atoms with van der Waals surface area (Å²) in [5.74, 6) is 0.900. The van der Waals surface area contributed by atoms with Crippen molar-refractivity contribution < 1.29 is 9.53 Å². The number of amides is 1. The van der Waals surface area contributed by atoms with Crippen molar-refractivity contribution in [2.24, 2.45) is 5.73 Å². The maximum absolute atomic E-state index is 12.4. The van der Waals surface area contributed by atoms with E-state index in [1.165, 1.54) is 0 Å². The number of carbonyl (C=O) groups excluding carboxylic acids is 1. The fourth-order valence-electron chi connectivity index (χ4n) is 3.55. The maximum Gasteiger partial charge on any atom is 0.240 e. The van der Waals surface area contributed by atoms with E-state index in [0.29, 0.717) is 0 Å². The van der Waals surface area contributed by atoms with Gasteiger partial charge in [0.05, 0.1) is 18.3 Å². The van der Waals surface area contributed by atoms with Gasteiger partial charge in [-0.1, -0.05) is 25.0 Å². The Balaban J connectivity index is 1.61. The third kappa shape index (κ3) is 2.90. The summed E-state index contributed by atoms with van der Waals surface area (Å²) in [6.07, 6.45) is 4.67. The quantitative estimate of drug-likeness (QED) is 0.888. The van der Waals surface area contributed by atoms with Gasteiger partial charge in [0.1, 0.15) is 5.75 Å². The standard InChI is InChI=1S/C17H25N3O2/c1-22-15-7-3-2-6-14(15)20-11-8-13(12-20)19-16(21)17(18)9-4-5-10-17/h2-3,6-7,13H,4-5,8-12,18H2,1H3,(H,19,21). The monoisotopic (exact) mass is 303 g/mol. The van der Waals surface area contributed by atoms with E-state index in [0.717, 1.165) is 56.6 Å². The topological polar surface area (TPSA) is 67.6 Å². The van der Waals surface area contributed by atoms with Gasteiger partial charge in [0.25, 0.3) is 0 Å². The summed E-state index contributed by atoms with van der Waals surface area (Å²) in [6.45, 7) is 1.73. The fraction of sp³-hybridized carbons (Fsp3) is 0.588. The average Bonchev–Trinajstić information content (AvgIpc) is 3.17. The molecule has 1 aromatic carbocycles. The molecule has 0 aromatic heterocycles. The van der Waals surface area contributed by atoms with Crippen LogP contribution in [0.25, 0.3) is 0 Å². The van der Waals surface area contributed by atoms with Gasteiger partial charge in [0.15, 0.2) is 0 Å². The molecule has 1 aliphatic carbocycles. The van der Waals surface area contributed by atoms with Crippen molar-refractivity contribution in [3.8, 4) is 5.75 Å². The van der Waals surface area contributed by atoms with Crippen molar-refractivity contribution in [3.63, 3.8) is 0 Å². The Bertz CT molecular complexity index is 540. The van der Waals surface area contributed by atoms with Crippen LogP contribution in [0.1, 0.15) is 32.1 Å². The molecule has 22 heavy (non-hydrogen) atoms. The SMILES string of the molecule is COc1ccccc1N1CCC(NC(=O)C2(N)CCCC2)C1. The van der Waals surface area contributed by atoms with Crippen molar-refractivity contribution in [1.82, 2.24) is 5.32 Å². The average molecular weight is 303 g/mol. The molecular weight excluding hydrogens is 278 g/mol. The van der Waals surface area contributed by atoms with Crippen LogP contribution in [0, 0.1) is 0 Å². The van der Waals surface area contributed by atoms with Gasteiger partial charge in [-0.15, -0.1) is 0 Å². The van der Waals surface area contributed by atoms with Crippen molar-refractivity contribution in [1.29, 1.82) is 0 Å². The first-order valence-corrected chi connectivity index (χ1v) is 8.10. The van der Waals surface area contributed by atoms with Crippen molar-refractivity contribution in [2.75, 3.05) is 25.1 Å². The van der Waals surface area contributed by atoms with Crippen LogP contribution in [0.15, 0.2) is 24.3 Å². The number of benzene rings is 1. The van der Waals surface area contributed by atoms with Crippen LogP contribution in [0.4, 0.5) is 5.69 Å². The van der Waals surface area contributed by atoms with Crippen LogP contribution < -0.4 is 20.7 Å². The molecule has 1 saturated heterocycles. The zero-order chi connectivity index (χ0) is 15.6. The number of para-hydroxylation sites is 2. The largest absolute Gasteiger partial charge is 0.495 e. The molecule has 1 amide bonds. The number of carbonyl (C=O) groups is 1. The van der Waals surface area contributed by atoms with Crippen LogP contribution >= 0.6 is 0 Å². The fourth-order valence-corrected chi connectivity index (χ4v) is 3.55. The summed E-state index contributed by atoms with van der Waals surface area (Å²) in [7, 11) is 1.69. The highest BCUT2D eigenvalue weighted by Crippen LogP contribution is 2.31. The van der Waals surface area contributed by atoms with Gasteiger partial charge in [-0.25, -0.2) is 0 Å². The second-order valence-electron chi connectivity index (χ2n) is 6.44. The number of nitrogens with one attached hydrogen (secondary N) is 1. The molecule has 1 heterocycles. The summed E-state index contributed by atoms with van der Waals surface area (Å²) in [5, 5.41) is 3.15. The van der Waals surface area contributed by atoms with Gasteiger partial charge < -0.3 is 20.7 Å². The number of ether oxygens (including phenoxy) is 1. The molecule has 1 aliphatic heterocycles. The number of methoxy groups -OCH3 is 1. The molecule has 3 rings (SSSR count). The van der Waals surface area contributed by atoms with Crippen LogP contribution in [0.3, 0.4) is 0 Å². The molecule has 120 valence electrons. The summed E-state index contributed by atoms with van der Waals surface area (Å²) in [4.78, 5) is 14.7. The van der Waals surface area contributed by atoms with Crippen LogP contribution in [-0.4, -0.2) is 37.7 Å². The van der Waals surface area contributed by atoms with Crippen molar-refractivity contribution in [3.05, 3.63) is 24.3 Å². The number of nitrogens with zero attached hydrogens (tertiary/aromatic N) is 1. The molecule has 5 heteroatoms. The molecular formula is C17H25N3O2. The Kier molecular flexibility index (Phi) is 4.25. The van der Waals surface area contributed by atoms with Gasteiger partial charge in [-0.2, -0.15) is 0 Å². The number of rotatable bonds is 4. The zero-order valence-corrected chi connectivity index (χ0v) is 13.2. The highest BCUT2D eigenvalue weighted by molar-refractivity contribution is 5.86. The Labute approximate surface area is 131 Å². The smallest absolute Gasteiger partial charge is 0.240 e. The van der Waals surface area contributed by atoms with Crippen LogP contribution in [-0.2, 0) is 4.79 Å². The number of hydrogen-bond donors (Lipinski definition) is 2. The van der Waals surface area contributed by atoms with Gasteiger partial charge in [-0.3, -0.25) is 4.79 Å². The number of nitrogens with two attached hydrogens (primary N) is 1. The zero-order valence-electron chi connectivity index (χ0n) is 13.2. The predicted octanol–water partition coefficient (Wildman–Crippen LogP) is 1.66. The molecule has 0 spiro atoms. The van der Waals surface area contributed by atoms with E-state index in [9.17, 15) is 4.79 Å². The van der Waals surface area contributed by atoms with Crippen LogP contribution in [0.2, 0.25) is 0 Å². The minimum atomic E-state index is -0.641. The molecule has 1 aromatic rings. The Morgan fingerprint density at radius 1 is 1.36 bits per heavy atom. The van der Waals surface area contributed by atoms with Crippen LogP contribution in [0.5, 0.6) is 5.75 Å². The van der Waals surface area contributed by atoms with E-state index >= 15 is 0 Å². The normalized spacial score (nSPS) is 23.5. The molecule has 0 bridgehead atoms. The highest BCUT2D eigenvalue weighted by atomic mass is 16.5. The van der Waals surface area contributed by atoms with Crippen molar-refractivity contribution >= 4 is 11.6 Å². The summed E-state index contributed by atoms with van der Waals surface area (Å²) in [6, 6.07) is 8.17. The van der Waals surface area contributed by atoms with E-state index in [4.69, 9.17) is 10.5 Å². The molecule has 5 nitrogen and oxygen atoms in total. The van der Waals surface area contributed by atoms with E-state index in [1.807, 2.05) is 18.2 Å². The summed E-state index contributed by atoms with van der Waals surface area (Å²) < 4.78 is 5.42. The lowest BCUT2D eigenvalue weighted by molar-refractivity contribution is -0.126. The van der Waals surface area contributed by atoms with Gasteiger partial charge in [0.2, 0.25) is 5.91 Å². The minimum absolute atomic E-state index is 0.0249. The van der Waals surface area contributed by atoms with E-state index < -0.39 is 5.54 Å². The lowest BCUT2D eigenvalue weighted by Gasteiger charge is -2.25. The molecule has 1 atom stereocenters. The lowest BCUT2D eigenvalue weighted by Crippen LogP contribution is -2.54. The number of hydrogen-bond acceptors (Lipinski definition) is 4. The highest BCUT2D eigenvalue weighted by Gasteiger charge is 2.38. The first-order valence-electron chi connectivity index (χ1n) is 8.10. The first kappa shape index (κ1) is 15.2. The first-order chi connectivity index (χ1) is 10.6. The van der Waals surface area contributed by atoms with Gasteiger partial charge >= 0.3 is 0 Å². The Hall–Kier alpha value is -1.75. The minimum Gasteiger partial charge on any atom is -0.495 e. The summed E-state index contributed by atoms with van der Waals surface area (Å²) in [5.41, 5.74) is 6.67. The second kappa shape index (κ2) is 6.16. The Morgan fingerprint density at radius 3 is 2.82 bits per heavy atom. The number of anilines is 1. The van der Waals surface area contributed by atoms with Gasteiger partial charge in [-0.05, 0) is 31.4 Å². The van der Waals surface area contributed by atoms with Gasteiger partial charge in [0, 0.05) is 19.1 Å².